The second kappa shape index (κ2) is 9.30. The highest BCUT2D eigenvalue weighted by Crippen LogP contribution is 2.47. The van der Waals surface area contributed by atoms with Gasteiger partial charge < -0.3 is 14.6 Å². The third-order valence-corrected chi connectivity index (χ3v) is 5.60. The first-order valence-corrected chi connectivity index (χ1v) is 11.1. The maximum atomic E-state index is 14.3. The van der Waals surface area contributed by atoms with Gasteiger partial charge in [0.1, 0.15) is 5.75 Å². The van der Waals surface area contributed by atoms with E-state index in [1.54, 1.807) is 45.0 Å². The molecular formula is C26H25F3N2O4. The van der Waals surface area contributed by atoms with Crippen molar-refractivity contribution in [2.45, 2.75) is 51.5 Å². The summed E-state index contributed by atoms with van der Waals surface area (Å²) in [4.78, 5) is 12.4. The molecule has 1 aliphatic heterocycles. The van der Waals surface area contributed by atoms with Crippen LogP contribution in [0.25, 0.3) is 22.3 Å². The number of hydrogen-bond acceptors (Lipinski definition) is 5. The molecule has 6 nitrogen and oxygen atoms in total. The van der Waals surface area contributed by atoms with Gasteiger partial charge in [0.05, 0.1) is 30.2 Å². The number of fused-ring (bicyclic) bond motifs is 1. The number of aliphatic carboxylic acids is 1. The highest BCUT2D eigenvalue weighted by atomic mass is 19.4. The van der Waals surface area contributed by atoms with Gasteiger partial charge in [-0.05, 0) is 80.1 Å². The molecule has 0 radical (unpaired) electrons. The lowest BCUT2D eigenvalue weighted by Gasteiger charge is -2.30. The molecule has 1 aliphatic rings. The lowest BCUT2D eigenvalue weighted by molar-refractivity contribution is -0.163. The molecule has 0 saturated carbocycles. The van der Waals surface area contributed by atoms with Crippen LogP contribution in [0.1, 0.15) is 50.0 Å². The van der Waals surface area contributed by atoms with Crippen LogP contribution in [0.4, 0.5) is 13.2 Å². The minimum atomic E-state index is -4.81. The number of ether oxygens (including phenoxy) is 2. The molecular weight excluding hydrogens is 461 g/mol. The highest BCUT2D eigenvalue weighted by molar-refractivity contribution is 5.90. The van der Waals surface area contributed by atoms with Crippen LogP contribution in [0.3, 0.4) is 0 Å². The molecule has 2 heterocycles. The van der Waals surface area contributed by atoms with E-state index >= 15 is 0 Å². The number of benzene rings is 2. The van der Waals surface area contributed by atoms with Crippen molar-refractivity contribution in [1.29, 1.82) is 0 Å². The predicted octanol–water partition coefficient (Wildman–Crippen LogP) is 6.10. The van der Waals surface area contributed by atoms with Gasteiger partial charge in [0.15, 0.2) is 6.10 Å². The van der Waals surface area contributed by atoms with Gasteiger partial charge in [-0.15, -0.1) is 0 Å². The van der Waals surface area contributed by atoms with Crippen molar-refractivity contribution in [2.24, 2.45) is 0 Å². The van der Waals surface area contributed by atoms with Crippen LogP contribution in [-0.2, 0) is 22.1 Å². The Morgan fingerprint density at radius 2 is 1.86 bits per heavy atom. The third-order valence-electron chi connectivity index (χ3n) is 5.60. The molecule has 0 saturated heterocycles. The van der Waals surface area contributed by atoms with Crippen molar-refractivity contribution < 1.29 is 32.5 Å². The van der Waals surface area contributed by atoms with Crippen molar-refractivity contribution >= 4 is 5.97 Å². The molecule has 1 atom stereocenters. The van der Waals surface area contributed by atoms with Gasteiger partial charge in [-0.25, -0.2) is 4.79 Å². The number of aromatic nitrogens is 2. The first-order valence-electron chi connectivity index (χ1n) is 11.1. The normalized spacial score (nSPS) is 14.7. The van der Waals surface area contributed by atoms with Gasteiger partial charge in [-0.1, -0.05) is 12.1 Å². The summed E-state index contributed by atoms with van der Waals surface area (Å²) in [5.41, 5.74) is -0.249. The molecule has 9 heteroatoms. The van der Waals surface area contributed by atoms with Crippen LogP contribution >= 0.6 is 0 Å². The molecule has 0 fully saturated rings. The predicted molar refractivity (Wildman–Crippen MR) is 123 cm³/mol. The Balaban J connectivity index is 2.10. The first-order chi connectivity index (χ1) is 16.5. The lowest BCUT2D eigenvalue weighted by Crippen LogP contribution is -2.29. The number of nitrogens with zero attached hydrogens (tertiary/aromatic N) is 2. The first kappa shape index (κ1) is 24.7. The zero-order valence-electron chi connectivity index (χ0n) is 19.5. The molecule has 1 N–H and O–H groups in total. The minimum absolute atomic E-state index is 0.123. The van der Waals surface area contributed by atoms with E-state index in [1.165, 1.54) is 18.5 Å². The van der Waals surface area contributed by atoms with E-state index in [9.17, 15) is 23.1 Å². The van der Waals surface area contributed by atoms with Crippen molar-refractivity contribution in [3.05, 3.63) is 65.5 Å². The van der Waals surface area contributed by atoms with Crippen molar-refractivity contribution in [2.75, 3.05) is 6.61 Å². The number of halogens is 3. The van der Waals surface area contributed by atoms with Crippen LogP contribution in [0, 0.1) is 0 Å². The van der Waals surface area contributed by atoms with E-state index < -0.39 is 35.0 Å². The smallest absolute Gasteiger partial charge is 0.416 e. The van der Waals surface area contributed by atoms with Gasteiger partial charge in [0.25, 0.3) is 0 Å². The number of carbonyl (C=O) groups is 1. The molecule has 1 aromatic heterocycles. The second-order valence-electron chi connectivity index (χ2n) is 9.30. The fourth-order valence-corrected chi connectivity index (χ4v) is 4.24. The van der Waals surface area contributed by atoms with Gasteiger partial charge in [-0.3, -0.25) is 0 Å². The van der Waals surface area contributed by atoms with E-state index in [-0.39, 0.29) is 5.56 Å². The summed E-state index contributed by atoms with van der Waals surface area (Å²) in [6.07, 6.45) is -2.35. The maximum Gasteiger partial charge on any atom is 0.416 e. The average Bonchev–Trinajstić information content (AvgIpc) is 2.80. The summed E-state index contributed by atoms with van der Waals surface area (Å²) in [6, 6.07) is 8.98. The zero-order valence-corrected chi connectivity index (χ0v) is 19.5. The van der Waals surface area contributed by atoms with Crippen LogP contribution in [0.15, 0.2) is 48.8 Å². The summed E-state index contributed by atoms with van der Waals surface area (Å²) >= 11 is 0. The van der Waals surface area contributed by atoms with Crippen LogP contribution in [0.2, 0.25) is 0 Å². The van der Waals surface area contributed by atoms with E-state index in [0.29, 0.717) is 35.5 Å². The van der Waals surface area contributed by atoms with Crippen molar-refractivity contribution in [1.82, 2.24) is 10.2 Å². The summed E-state index contributed by atoms with van der Waals surface area (Å²) in [6.45, 7) is 5.36. The molecule has 0 amide bonds. The fraction of sp³-hybridized carbons (Fsp3) is 0.346. The third kappa shape index (κ3) is 5.30. The van der Waals surface area contributed by atoms with E-state index in [1.807, 2.05) is 0 Å². The highest BCUT2D eigenvalue weighted by Gasteiger charge is 2.41. The molecule has 0 spiro atoms. The summed E-state index contributed by atoms with van der Waals surface area (Å²) < 4.78 is 54.4. The molecule has 0 bridgehead atoms. The standard InChI is InChI=1S/C26H25F3N2O4/c1-25(2,3)35-23(24(32)33)22-19(26(27,28)29)8-7-18(17-10-11-30-31-14-17)21(22)16-6-9-20-15(13-16)5-4-12-34-20/h6-11,13-14,23H,4-5,12H2,1-3H3,(H,32,33). The average molecular weight is 486 g/mol. The van der Waals surface area contributed by atoms with Gasteiger partial charge >= 0.3 is 12.1 Å². The number of carboxylic acid groups (broad SMARTS) is 1. The lowest BCUT2D eigenvalue weighted by atomic mass is 9.84. The zero-order chi connectivity index (χ0) is 25.4. The number of carboxylic acids is 1. The summed E-state index contributed by atoms with van der Waals surface area (Å²) in [7, 11) is 0. The number of hydrogen-bond donors (Lipinski definition) is 1. The summed E-state index contributed by atoms with van der Waals surface area (Å²) in [5.74, 6) is -0.848. The number of alkyl halides is 3. The monoisotopic (exact) mass is 486 g/mol. The summed E-state index contributed by atoms with van der Waals surface area (Å²) in [5, 5.41) is 17.7. The maximum absolute atomic E-state index is 14.3. The van der Waals surface area contributed by atoms with Crippen molar-refractivity contribution in [3.8, 4) is 28.0 Å². The molecule has 35 heavy (non-hydrogen) atoms. The van der Waals surface area contributed by atoms with Gasteiger partial charge in [-0.2, -0.15) is 23.4 Å². The Hall–Kier alpha value is -3.46. The SMILES string of the molecule is CC(C)(C)OC(C(=O)O)c1c(C(F)(F)F)ccc(-c2ccnnc2)c1-c1ccc2c(c1)CCCO2. The van der Waals surface area contributed by atoms with Gasteiger partial charge in [0.2, 0.25) is 0 Å². The largest absolute Gasteiger partial charge is 0.493 e. The second-order valence-corrected chi connectivity index (χ2v) is 9.30. The topological polar surface area (TPSA) is 81.5 Å². The number of rotatable bonds is 5. The Morgan fingerprint density at radius 1 is 1.09 bits per heavy atom. The van der Waals surface area contributed by atoms with Gasteiger partial charge in [0, 0.05) is 11.1 Å². The fourth-order valence-electron chi connectivity index (χ4n) is 4.24. The van der Waals surface area contributed by atoms with E-state index in [4.69, 9.17) is 9.47 Å². The quantitative estimate of drug-likeness (QED) is 0.470. The Labute approximate surface area is 200 Å². The van der Waals surface area contributed by atoms with E-state index in [2.05, 4.69) is 10.2 Å². The van der Waals surface area contributed by atoms with Crippen LogP contribution in [-0.4, -0.2) is 33.5 Å². The number of aryl methyl sites for hydroxylation is 1. The Morgan fingerprint density at radius 3 is 2.49 bits per heavy atom. The molecule has 1 unspecified atom stereocenters. The molecule has 0 aliphatic carbocycles. The van der Waals surface area contributed by atoms with Crippen LogP contribution in [0.5, 0.6) is 5.75 Å². The molecule has 184 valence electrons. The van der Waals surface area contributed by atoms with Crippen molar-refractivity contribution in [3.63, 3.8) is 0 Å². The molecule has 4 rings (SSSR count). The Kier molecular flexibility index (Phi) is 6.55. The van der Waals surface area contributed by atoms with E-state index in [0.717, 1.165) is 18.1 Å². The molecule has 2 aromatic carbocycles. The Bertz CT molecular complexity index is 1240. The minimum Gasteiger partial charge on any atom is -0.493 e. The molecule has 3 aromatic rings. The van der Waals surface area contributed by atoms with Crippen LogP contribution < -0.4 is 4.74 Å².